The normalized spacial score (nSPS) is 18.9. The molecule has 6 heteroatoms. The van der Waals surface area contributed by atoms with Gasteiger partial charge in [0, 0.05) is 43.9 Å². The van der Waals surface area contributed by atoms with E-state index in [0.29, 0.717) is 13.1 Å². The van der Waals surface area contributed by atoms with Crippen LogP contribution in [0.2, 0.25) is 0 Å². The molecule has 0 bridgehead atoms. The Kier molecular flexibility index (Phi) is 4.33. The minimum absolute atomic E-state index is 0. The zero-order valence-electron chi connectivity index (χ0n) is 9.09. The SMILES string of the molecule is Nc1ccc(N2CCS(=O)(=O)CC2)cc1.[Zn]. The van der Waals surface area contributed by atoms with Crippen molar-refractivity contribution in [2.45, 2.75) is 0 Å². The number of hydrogen-bond donors (Lipinski definition) is 1. The molecule has 16 heavy (non-hydrogen) atoms. The fourth-order valence-corrected chi connectivity index (χ4v) is 2.86. The van der Waals surface area contributed by atoms with Gasteiger partial charge in [0.15, 0.2) is 9.84 Å². The summed E-state index contributed by atoms with van der Waals surface area (Å²) < 4.78 is 22.5. The van der Waals surface area contributed by atoms with Crippen molar-refractivity contribution in [3.63, 3.8) is 0 Å². The summed E-state index contributed by atoms with van der Waals surface area (Å²) >= 11 is 0. The van der Waals surface area contributed by atoms with Gasteiger partial charge in [-0.3, -0.25) is 0 Å². The molecule has 2 N–H and O–H groups in total. The number of nitrogen functional groups attached to an aromatic ring is 1. The molecule has 1 aromatic carbocycles. The van der Waals surface area contributed by atoms with E-state index < -0.39 is 9.84 Å². The van der Waals surface area contributed by atoms with Gasteiger partial charge < -0.3 is 10.6 Å². The maximum absolute atomic E-state index is 11.2. The molecule has 1 aliphatic heterocycles. The Morgan fingerprint density at radius 2 is 1.56 bits per heavy atom. The molecule has 0 aliphatic carbocycles. The van der Waals surface area contributed by atoms with Crippen molar-refractivity contribution in [3.8, 4) is 0 Å². The third-order valence-electron chi connectivity index (χ3n) is 2.60. The van der Waals surface area contributed by atoms with Gasteiger partial charge in [0.05, 0.1) is 11.5 Å². The molecule has 1 saturated heterocycles. The molecule has 0 aromatic heterocycles. The van der Waals surface area contributed by atoms with E-state index in [-0.39, 0.29) is 31.0 Å². The molecule has 0 amide bonds. The molecule has 4 nitrogen and oxygen atoms in total. The zero-order chi connectivity index (χ0) is 10.9. The van der Waals surface area contributed by atoms with Gasteiger partial charge in [-0.15, -0.1) is 0 Å². The van der Waals surface area contributed by atoms with Crippen molar-refractivity contribution in [3.05, 3.63) is 24.3 Å². The first-order valence-corrected chi connectivity index (χ1v) is 6.70. The Balaban J connectivity index is 0.00000128. The number of benzene rings is 1. The summed E-state index contributed by atoms with van der Waals surface area (Å²) in [4.78, 5) is 2.07. The van der Waals surface area contributed by atoms with E-state index in [9.17, 15) is 8.42 Å². The van der Waals surface area contributed by atoms with Crippen LogP contribution < -0.4 is 10.6 Å². The van der Waals surface area contributed by atoms with Gasteiger partial charge in [0.2, 0.25) is 0 Å². The van der Waals surface area contributed by atoms with E-state index in [0.717, 1.165) is 11.4 Å². The van der Waals surface area contributed by atoms with Crippen molar-refractivity contribution in [2.24, 2.45) is 0 Å². The molecule has 0 unspecified atom stereocenters. The smallest absolute Gasteiger partial charge is 0.153 e. The van der Waals surface area contributed by atoms with Gasteiger partial charge in [-0.2, -0.15) is 0 Å². The minimum atomic E-state index is -2.80. The van der Waals surface area contributed by atoms with Crippen molar-refractivity contribution in [1.82, 2.24) is 0 Å². The fourth-order valence-electron chi connectivity index (χ4n) is 1.66. The van der Waals surface area contributed by atoms with Crippen molar-refractivity contribution < 1.29 is 27.9 Å². The summed E-state index contributed by atoms with van der Waals surface area (Å²) in [5, 5.41) is 0. The van der Waals surface area contributed by atoms with Gasteiger partial charge in [-0.25, -0.2) is 8.42 Å². The number of nitrogens with two attached hydrogens (primary N) is 1. The van der Waals surface area contributed by atoms with E-state index in [2.05, 4.69) is 4.90 Å². The molecule has 84 valence electrons. The molecular weight excluding hydrogens is 278 g/mol. The molecule has 1 aromatic rings. The largest absolute Gasteiger partial charge is 0.399 e. The van der Waals surface area contributed by atoms with Crippen molar-refractivity contribution in [1.29, 1.82) is 0 Å². The summed E-state index contributed by atoms with van der Waals surface area (Å²) in [7, 11) is -2.80. The summed E-state index contributed by atoms with van der Waals surface area (Å²) in [5.41, 5.74) is 7.35. The minimum Gasteiger partial charge on any atom is -0.399 e. The maximum Gasteiger partial charge on any atom is 0.153 e. The predicted molar refractivity (Wildman–Crippen MR) is 61.7 cm³/mol. The van der Waals surface area contributed by atoms with E-state index in [1.807, 2.05) is 24.3 Å². The third-order valence-corrected chi connectivity index (χ3v) is 4.21. The summed E-state index contributed by atoms with van der Waals surface area (Å²) in [6.07, 6.45) is 0. The van der Waals surface area contributed by atoms with E-state index in [4.69, 9.17) is 5.73 Å². The van der Waals surface area contributed by atoms with Crippen molar-refractivity contribution in [2.75, 3.05) is 35.2 Å². The molecule has 1 aliphatic rings. The number of sulfone groups is 1. The second-order valence-corrected chi connectivity index (χ2v) is 6.03. The van der Waals surface area contributed by atoms with Crippen LogP contribution in [-0.2, 0) is 29.3 Å². The fraction of sp³-hybridized carbons (Fsp3) is 0.400. The third kappa shape index (κ3) is 3.19. The maximum atomic E-state index is 11.2. The Labute approximate surface area is 108 Å². The first-order valence-electron chi connectivity index (χ1n) is 4.88. The van der Waals surface area contributed by atoms with Gasteiger partial charge in [-0.1, -0.05) is 0 Å². The number of hydrogen-bond acceptors (Lipinski definition) is 4. The van der Waals surface area contributed by atoms with Crippen LogP contribution >= 0.6 is 0 Å². The summed E-state index contributed by atoms with van der Waals surface area (Å²) in [6.45, 7) is 1.15. The molecule has 0 atom stereocenters. The first-order chi connectivity index (χ1) is 7.07. The van der Waals surface area contributed by atoms with Gasteiger partial charge in [0.1, 0.15) is 0 Å². The Hall–Kier alpha value is -0.607. The number of rotatable bonds is 1. The standard InChI is InChI=1S/C10H14N2O2S.Zn/c11-9-1-3-10(4-2-9)12-5-7-15(13,14)8-6-12;/h1-4H,5-8,11H2;. The van der Waals surface area contributed by atoms with Crippen molar-refractivity contribution >= 4 is 21.2 Å². The van der Waals surface area contributed by atoms with E-state index >= 15 is 0 Å². The monoisotopic (exact) mass is 290 g/mol. The molecular formula is C10H14N2O2SZn. The summed E-state index contributed by atoms with van der Waals surface area (Å²) in [6, 6.07) is 7.51. The number of nitrogens with zero attached hydrogens (tertiary/aromatic N) is 1. The van der Waals surface area contributed by atoms with Gasteiger partial charge >= 0.3 is 0 Å². The second kappa shape index (κ2) is 5.15. The van der Waals surface area contributed by atoms with Gasteiger partial charge in [-0.05, 0) is 24.3 Å². The van der Waals surface area contributed by atoms with E-state index in [1.54, 1.807) is 0 Å². The van der Waals surface area contributed by atoms with Crippen LogP contribution in [0.25, 0.3) is 0 Å². The van der Waals surface area contributed by atoms with E-state index in [1.165, 1.54) is 0 Å². The van der Waals surface area contributed by atoms with Crippen LogP contribution in [0, 0.1) is 0 Å². The quantitative estimate of drug-likeness (QED) is 0.605. The average Bonchev–Trinajstić information content (AvgIpc) is 2.20. The molecule has 0 radical (unpaired) electrons. The van der Waals surface area contributed by atoms with Gasteiger partial charge in [0.25, 0.3) is 0 Å². The van der Waals surface area contributed by atoms with Crippen LogP contribution in [0.15, 0.2) is 24.3 Å². The van der Waals surface area contributed by atoms with Crippen LogP contribution in [0.4, 0.5) is 11.4 Å². The molecule has 2 rings (SSSR count). The first kappa shape index (κ1) is 13.5. The number of anilines is 2. The molecule has 0 spiro atoms. The Bertz CT molecular complexity index is 430. The van der Waals surface area contributed by atoms with Crippen LogP contribution in [-0.4, -0.2) is 33.0 Å². The average molecular weight is 292 g/mol. The Morgan fingerprint density at radius 3 is 2.06 bits per heavy atom. The van der Waals surface area contributed by atoms with Crippen LogP contribution in [0.5, 0.6) is 0 Å². The van der Waals surface area contributed by atoms with Crippen LogP contribution in [0.3, 0.4) is 0 Å². The molecule has 1 heterocycles. The second-order valence-electron chi connectivity index (χ2n) is 3.73. The van der Waals surface area contributed by atoms with Crippen LogP contribution in [0.1, 0.15) is 0 Å². The topological polar surface area (TPSA) is 63.4 Å². The predicted octanol–water partition coefficient (Wildman–Crippen LogP) is 0.501. The molecule has 1 fully saturated rings. The zero-order valence-corrected chi connectivity index (χ0v) is 12.9. The Morgan fingerprint density at radius 1 is 1.06 bits per heavy atom. The molecule has 0 saturated carbocycles. The summed E-state index contributed by atoms with van der Waals surface area (Å²) in [5.74, 6) is 0.495.